The molecule has 1 atom stereocenters. The van der Waals surface area contributed by atoms with Gasteiger partial charge in [-0.15, -0.1) is 10.2 Å². The predicted octanol–water partition coefficient (Wildman–Crippen LogP) is 3.95. The molecule has 2 aromatic carbocycles. The van der Waals surface area contributed by atoms with Crippen LogP contribution in [0.2, 0.25) is 0 Å². The summed E-state index contributed by atoms with van der Waals surface area (Å²) in [6.45, 7) is 3.89. The summed E-state index contributed by atoms with van der Waals surface area (Å²) in [4.78, 5) is 12.3. The first-order chi connectivity index (χ1) is 13.5. The van der Waals surface area contributed by atoms with Gasteiger partial charge in [0.1, 0.15) is 5.75 Å². The molecule has 3 aromatic rings. The number of aromatic nitrogens is 2. The Labute approximate surface area is 166 Å². The monoisotopic (exact) mass is 394 g/mol. The molecule has 0 aliphatic carbocycles. The number of thioether (sulfide) groups is 1. The van der Waals surface area contributed by atoms with E-state index >= 15 is 0 Å². The number of nitriles is 1. The van der Waals surface area contributed by atoms with Gasteiger partial charge in [-0.05, 0) is 55.8 Å². The number of carbonyl (C=O) groups excluding carboxylic acids is 1. The summed E-state index contributed by atoms with van der Waals surface area (Å²) in [5.41, 5.74) is 2.25. The summed E-state index contributed by atoms with van der Waals surface area (Å²) >= 11 is 1.16. The third-order valence-electron chi connectivity index (χ3n) is 3.73. The first-order valence-electron chi connectivity index (χ1n) is 8.53. The Hall–Kier alpha value is -3.31. The molecule has 28 heavy (non-hydrogen) atoms. The van der Waals surface area contributed by atoms with Gasteiger partial charge in [0, 0.05) is 5.69 Å². The molecule has 0 bridgehead atoms. The molecule has 0 saturated heterocycles. The fraction of sp³-hybridized carbons (Fsp3) is 0.200. The summed E-state index contributed by atoms with van der Waals surface area (Å²) in [5.74, 6) is 0.858. The minimum Gasteiger partial charge on any atom is -0.484 e. The van der Waals surface area contributed by atoms with E-state index in [-0.39, 0.29) is 12.5 Å². The van der Waals surface area contributed by atoms with Gasteiger partial charge in [-0.25, -0.2) is 0 Å². The Morgan fingerprint density at radius 3 is 2.79 bits per heavy atom. The van der Waals surface area contributed by atoms with Crippen LogP contribution in [0.5, 0.6) is 5.75 Å². The maximum atomic E-state index is 12.3. The number of nitrogens with one attached hydrogen (secondary N) is 1. The second-order valence-electron chi connectivity index (χ2n) is 6.01. The summed E-state index contributed by atoms with van der Waals surface area (Å²) in [6.07, 6.45) is 0. The van der Waals surface area contributed by atoms with Crippen molar-refractivity contribution >= 4 is 23.4 Å². The standard InChI is InChI=1S/C20H18N4O3S/c1-13-4-3-5-17(10-13)26-12-18-23-24-20(27-18)28-14(2)19(25)22-16-8-6-15(11-21)7-9-16/h3-10,14H,12H2,1-2H3,(H,22,25)/t14-/m1/s1. The Morgan fingerprint density at radius 1 is 1.29 bits per heavy atom. The van der Waals surface area contributed by atoms with E-state index in [0.717, 1.165) is 23.1 Å². The fourth-order valence-corrected chi connectivity index (χ4v) is 2.97. The minimum absolute atomic E-state index is 0.156. The van der Waals surface area contributed by atoms with Crippen LogP contribution in [0.4, 0.5) is 5.69 Å². The molecule has 1 amide bonds. The van der Waals surface area contributed by atoms with E-state index in [1.54, 1.807) is 31.2 Å². The van der Waals surface area contributed by atoms with E-state index in [2.05, 4.69) is 15.5 Å². The number of hydrogen-bond donors (Lipinski definition) is 1. The van der Waals surface area contributed by atoms with Crippen molar-refractivity contribution in [1.29, 1.82) is 5.26 Å². The van der Waals surface area contributed by atoms with E-state index in [1.807, 2.05) is 37.3 Å². The Bertz CT molecular complexity index is 995. The van der Waals surface area contributed by atoms with Gasteiger partial charge in [-0.3, -0.25) is 4.79 Å². The van der Waals surface area contributed by atoms with Crippen LogP contribution in [0.1, 0.15) is 23.9 Å². The first kappa shape index (κ1) is 19.5. The molecule has 1 N–H and O–H groups in total. The maximum absolute atomic E-state index is 12.3. The molecule has 0 unspecified atom stereocenters. The third-order valence-corrected chi connectivity index (χ3v) is 4.66. The van der Waals surface area contributed by atoms with Crippen molar-refractivity contribution in [2.75, 3.05) is 5.32 Å². The minimum atomic E-state index is -0.443. The number of benzene rings is 2. The van der Waals surface area contributed by atoms with Crippen molar-refractivity contribution in [2.45, 2.75) is 30.9 Å². The zero-order valence-electron chi connectivity index (χ0n) is 15.4. The molecular formula is C20H18N4O3S. The lowest BCUT2D eigenvalue weighted by molar-refractivity contribution is -0.115. The Kier molecular flexibility index (Phi) is 6.29. The number of carbonyl (C=O) groups is 1. The van der Waals surface area contributed by atoms with Crippen molar-refractivity contribution in [3.05, 3.63) is 65.5 Å². The van der Waals surface area contributed by atoms with Gasteiger partial charge in [0.25, 0.3) is 11.1 Å². The number of hydrogen-bond acceptors (Lipinski definition) is 7. The largest absolute Gasteiger partial charge is 0.484 e. The summed E-state index contributed by atoms with van der Waals surface area (Å²) in [5, 5.41) is 19.3. The van der Waals surface area contributed by atoms with Crippen molar-refractivity contribution < 1.29 is 13.9 Å². The second kappa shape index (κ2) is 9.06. The molecule has 0 aliphatic heterocycles. The fourth-order valence-electron chi connectivity index (χ4n) is 2.27. The first-order valence-corrected chi connectivity index (χ1v) is 9.41. The van der Waals surface area contributed by atoms with Crippen LogP contribution in [0.3, 0.4) is 0 Å². The van der Waals surface area contributed by atoms with Crippen LogP contribution in [-0.2, 0) is 11.4 Å². The average Bonchev–Trinajstić information content (AvgIpc) is 3.14. The molecule has 1 aromatic heterocycles. The number of amides is 1. The predicted molar refractivity (Wildman–Crippen MR) is 105 cm³/mol. The number of ether oxygens (including phenoxy) is 1. The molecule has 0 radical (unpaired) electrons. The van der Waals surface area contributed by atoms with Crippen LogP contribution in [0, 0.1) is 18.3 Å². The summed E-state index contributed by atoms with van der Waals surface area (Å²) < 4.78 is 11.2. The molecule has 0 saturated carbocycles. The van der Waals surface area contributed by atoms with Gasteiger partial charge in [-0.1, -0.05) is 23.9 Å². The Balaban J connectivity index is 1.51. The molecule has 3 rings (SSSR count). The molecule has 0 spiro atoms. The highest BCUT2D eigenvalue weighted by atomic mass is 32.2. The second-order valence-corrected chi connectivity index (χ2v) is 7.30. The van der Waals surface area contributed by atoms with E-state index < -0.39 is 5.25 Å². The number of aryl methyl sites for hydroxylation is 1. The highest BCUT2D eigenvalue weighted by molar-refractivity contribution is 8.00. The van der Waals surface area contributed by atoms with Gasteiger partial charge < -0.3 is 14.5 Å². The SMILES string of the molecule is Cc1cccc(OCc2nnc(S[C@H](C)C(=O)Nc3ccc(C#N)cc3)o2)c1. The van der Waals surface area contributed by atoms with Gasteiger partial charge in [0.05, 0.1) is 16.9 Å². The molecule has 1 heterocycles. The summed E-state index contributed by atoms with van der Waals surface area (Å²) in [6, 6.07) is 16.4. The quantitative estimate of drug-likeness (QED) is 0.606. The molecule has 0 fully saturated rings. The number of rotatable bonds is 7. The van der Waals surface area contributed by atoms with Crippen molar-refractivity contribution in [2.24, 2.45) is 0 Å². The van der Waals surface area contributed by atoms with Gasteiger partial charge >= 0.3 is 0 Å². The van der Waals surface area contributed by atoms with Crippen LogP contribution >= 0.6 is 11.8 Å². The lowest BCUT2D eigenvalue weighted by Crippen LogP contribution is -2.22. The van der Waals surface area contributed by atoms with Crippen molar-refractivity contribution in [1.82, 2.24) is 10.2 Å². The van der Waals surface area contributed by atoms with Crippen LogP contribution < -0.4 is 10.1 Å². The van der Waals surface area contributed by atoms with E-state index in [1.165, 1.54) is 0 Å². The lowest BCUT2D eigenvalue weighted by Gasteiger charge is -2.09. The number of anilines is 1. The van der Waals surface area contributed by atoms with Gasteiger partial charge in [-0.2, -0.15) is 5.26 Å². The molecular weight excluding hydrogens is 376 g/mol. The van der Waals surface area contributed by atoms with E-state index in [0.29, 0.717) is 22.4 Å². The smallest absolute Gasteiger partial charge is 0.277 e. The van der Waals surface area contributed by atoms with E-state index in [4.69, 9.17) is 14.4 Å². The average molecular weight is 394 g/mol. The molecule has 8 heteroatoms. The third kappa shape index (κ3) is 5.34. The maximum Gasteiger partial charge on any atom is 0.277 e. The molecule has 0 aliphatic rings. The van der Waals surface area contributed by atoms with Crippen LogP contribution in [0.25, 0.3) is 0 Å². The van der Waals surface area contributed by atoms with Gasteiger partial charge in [0.15, 0.2) is 6.61 Å². The van der Waals surface area contributed by atoms with Crippen LogP contribution in [-0.4, -0.2) is 21.4 Å². The highest BCUT2D eigenvalue weighted by Crippen LogP contribution is 2.23. The topological polar surface area (TPSA) is 101 Å². The highest BCUT2D eigenvalue weighted by Gasteiger charge is 2.18. The summed E-state index contributed by atoms with van der Waals surface area (Å²) in [7, 11) is 0. The molecule has 7 nitrogen and oxygen atoms in total. The Morgan fingerprint density at radius 2 is 2.07 bits per heavy atom. The normalized spacial score (nSPS) is 11.5. The van der Waals surface area contributed by atoms with Crippen molar-refractivity contribution in [3.8, 4) is 11.8 Å². The van der Waals surface area contributed by atoms with E-state index in [9.17, 15) is 4.79 Å². The molecule has 142 valence electrons. The van der Waals surface area contributed by atoms with Crippen molar-refractivity contribution in [3.63, 3.8) is 0 Å². The van der Waals surface area contributed by atoms with Gasteiger partial charge in [0.2, 0.25) is 5.91 Å². The number of nitrogens with zero attached hydrogens (tertiary/aromatic N) is 3. The zero-order valence-corrected chi connectivity index (χ0v) is 16.2. The lowest BCUT2D eigenvalue weighted by atomic mass is 10.2. The van der Waals surface area contributed by atoms with Crippen LogP contribution in [0.15, 0.2) is 58.2 Å². The zero-order chi connectivity index (χ0) is 19.9.